The molecule has 0 aromatic carbocycles. The third-order valence-corrected chi connectivity index (χ3v) is 2.32. The maximum absolute atomic E-state index is 11.9. The summed E-state index contributed by atoms with van der Waals surface area (Å²) < 4.78 is 55.6. The van der Waals surface area contributed by atoms with Crippen molar-refractivity contribution in [2.24, 2.45) is 5.92 Å². The molecule has 0 amide bonds. The van der Waals surface area contributed by atoms with Gasteiger partial charge in [-0.3, -0.25) is 0 Å². The molecular weight excluding hydrogens is 265 g/mol. The lowest BCUT2D eigenvalue weighted by Crippen LogP contribution is -2.39. The van der Waals surface area contributed by atoms with Crippen LogP contribution in [0.5, 0.6) is 0 Å². The Bertz CT molecular complexity index is 253. The number of piperidine rings is 1. The van der Waals surface area contributed by atoms with Crippen LogP contribution in [-0.4, -0.2) is 48.0 Å². The first-order chi connectivity index (χ1) is 8.16. The standard InChI is InChI=1S/C7H13F2NO.C2HF3O2/c8-7(9)6(11)5-2-1-3-10-4-5;3-2(4,5)1(6)7/h5-7,10-11H,1-4H2;(H,6,7). The zero-order valence-electron chi connectivity index (χ0n) is 9.25. The van der Waals surface area contributed by atoms with Gasteiger partial charge in [-0.05, 0) is 19.4 Å². The number of carbonyl (C=O) groups is 1. The average molecular weight is 279 g/mol. The topological polar surface area (TPSA) is 69.6 Å². The molecule has 4 nitrogen and oxygen atoms in total. The lowest BCUT2D eigenvalue weighted by atomic mass is 9.94. The Labute approximate surface area is 99.8 Å². The number of carboxylic acids is 1. The molecule has 1 heterocycles. The summed E-state index contributed by atoms with van der Waals surface area (Å²) in [5.41, 5.74) is 0. The van der Waals surface area contributed by atoms with E-state index in [1.807, 2.05) is 0 Å². The lowest BCUT2D eigenvalue weighted by molar-refractivity contribution is -0.192. The average Bonchev–Trinajstić information content (AvgIpc) is 2.28. The first-order valence-corrected chi connectivity index (χ1v) is 5.13. The van der Waals surface area contributed by atoms with Gasteiger partial charge in [-0.25, -0.2) is 13.6 Å². The van der Waals surface area contributed by atoms with E-state index in [1.165, 1.54) is 0 Å². The molecule has 3 N–H and O–H groups in total. The molecule has 0 bridgehead atoms. The number of hydrogen-bond acceptors (Lipinski definition) is 3. The van der Waals surface area contributed by atoms with E-state index in [9.17, 15) is 22.0 Å². The molecule has 0 aliphatic carbocycles. The predicted octanol–water partition coefficient (Wildman–Crippen LogP) is 1.25. The van der Waals surface area contributed by atoms with Crippen LogP contribution in [0.3, 0.4) is 0 Å². The zero-order valence-corrected chi connectivity index (χ0v) is 9.25. The molecule has 1 aliphatic heterocycles. The van der Waals surface area contributed by atoms with Crippen LogP contribution in [0.25, 0.3) is 0 Å². The van der Waals surface area contributed by atoms with Crippen molar-refractivity contribution in [1.29, 1.82) is 0 Å². The Morgan fingerprint density at radius 3 is 2.11 bits per heavy atom. The first-order valence-electron chi connectivity index (χ1n) is 5.13. The van der Waals surface area contributed by atoms with Crippen LogP contribution in [0.15, 0.2) is 0 Å². The van der Waals surface area contributed by atoms with Crippen LogP contribution in [0, 0.1) is 5.92 Å². The summed E-state index contributed by atoms with van der Waals surface area (Å²) in [7, 11) is 0. The maximum Gasteiger partial charge on any atom is 0.490 e. The maximum atomic E-state index is 11.9. The summed E-state index contributed by atoms with van der Waals surface area (Å²) >= 11 is 0. The van der Waals surface area contributed by atoms with E-state index < -0.39 is 24.7 Å². The second-order valence-corrected chi connectivity index (χ2v) is 3.73. The van der Waals surface area contributed by atoms with Crippen molar-refractivity contribution in [2.75, 3.05) is 13.1 Å². The summed E-state index contributed by atoms with van der Waals surface area (Å²) in [5, 5.41) is 19.1. The van der Waals surface area contributed by atoms with Crippen LogP contribution < -0.4 is 5.32 Å². The Morgan fingerprint density at radius 2 is 1.83 bits per heavy atom. The van der Waals surface area contributed by atoms with Crippen molar-refractivity contribution in [3.63, 3.8) is 0 Å². The van der Waals surface area contributed by atoms with Gasteiger partial charge in [-0.15, -0.1) is 0 Å². The molecule has 1 fully saturated rings. The van der Waals surface area contributed by atoms with Crippen molar-refractivity contribution in [3.8, 4) is 0 Å². The van der Waals surface area contributed by atoms with E-state index in [-0.39, 0.29) is 5.92 Å². The molecule has 0 spiro atoms. The summed E-state index contributed by atoms with van der Waals surface area (Å²) in [6, 6.07) is 0. The SMILES string of the molecule is O=C(O)C(F)(F)F.OC(C(F)F)C1CCCNC1. The lowest BCUT2D eigenvalue weighted by Gasteiger charge is -2.26. The third-order valence-electron chi connectivity index (χ3n) is 2.32. The fraction of sp³-hybridized carbons (Fsp3) is 0.889. The van der Waals surface area contributed by atoms with E-state index >= 15 is 0 Å². The van der Waals surface area contributed by atoms with Crippen molar-refractivity contribution in [2.45, 2.75) is 31.5 Å². The van der Waals surface area contributed by atoms with Gasteiger partial charge >= 0.3 is 12.1 Å². The Kier molecular flexibility index (Phi) is 7.07. The van der Waals surface area contributed by atoms with Gasteiger partial charge in [0.15, 0.2) is 0 Å². The van der Waals surface area contributed by atoms with Gasteiger partial charge in [0, 0.05) is 12.5 Å². The number of hydrogen-bond donors (Lipinski definition) is 3. The Balaban J connectivity index is 0.000000360. The summed E-state index contributed by atoms with van der Waals surface area (Å²) in [5.74, 6) is -3.02. The molecule has 2 unspecified atom stereocenters. The molecule has 9 heteroatoms. The molecule has 0 aromatic rings. The minimum absolute atomic E-state index is 0.260. The smallest absolute Gasteiger partial charge is 0.475 e. The summed E-state index contributed by atoms with van der Waals surface area (Å²) in [6.07, 6.45) is -7.53. The monoisotopic (exact) mass is 279 g/mol. The second kappa shape index (κ2) is 7.47. The molecule has 1 saturated heterocycles. The highest BCUT2D eigenvalue weighted by atomic mass is 19.4. The molecule has 0 radical (unpaired) electrons. The van der Waals surface area contributed by atoms with Crippen LogP contribution in [-0.2, 0) is 4.79 Å². The fourth-order valence-electron chi connectivity index (χ4n) is 1.38. The second-order valence-electron chi connectivity index (χ2n) is 3.73. The summed E-state index contributed by atoms with van der Waals surface area (Å²) in [6.45, 7) is 1.40. The van der Waals surface area contributed by atoms with Crippen molar-refractivity contribution >= 4 is 5.97 Å². The number of aliphatic hydroxyl groups excluding tert-OH is 1. The van der Waals surface area contributed by atoms with Crippen molar-refractivity contribution in [3.05, 3.63) is 0 Å². The fourth-order valence-corrected chi connectivity index (χ4v) is 1.38. The predicted molar refractivity (Wildman–Crippen MR) is 51.3 cm³/mol. The van der Waals surface area contributed by atoms with Gasteiger partial charge in [0.05, 0.1) is 0 Å². The van der Waals surface area contributed by atoms with Gasteiger partial charge in [-0.2, -0.15) is 13.2 Å². The Morgan fingerprint density at radius 1 is 1.33 bits per heavy atom. The Hall–Kier alpha value is -0.960. The largest absolute Gasteiger partial charge is 0.490 e. The molecule has 2 atom stereocenters. The molecule has 18 heavy (non-hydrogen) atoms. The minimum atomic E-state index is -5.08. The van der Waals surface area contributed by atoms with E-state index in [1.54, 1.807) is 0 Å². The van der Waals surface area contributed by atoms with Crippen molar-refractivity contribution < 1.29 is 37.0 Å². The van der Waals surface area contributed by atoms with Crippen LogP contribution in [0.4, 0.5) is 22.0 Å². The highest BCUT2D eigenvalue weighted by molar-refractivity contribution is 5.73. The van der Waals surface area contributed by atoms with E-state index in [2.05, 4.69) is 5.32 Å². The normalized spacial score (nSPS) is 22.1. The third kappa shape index (κ3) is 6.70. The first kappa shape index (κ1) is 17.0. The molecule has 1 aliphatic rings. The van der Waals surface area contributed by atoms with Gasteiger partial charge in [0.2, 0.25) is 0 Å². The van der Waals surface area contributed by atoms with Crippen molar-refractivity contribution in [1.82, 2.24) is 5.32 Å². The number of halogens is 5. The molecule has 0 saturated carbocycles. The number of rotatable bonds is 2. The quantitative estimate of drug-likeness (QED) is 0.665. The molecule has 1 rings (SSSR count). The van der Waals surface area contributed by atoms with Crippen LogP contribution in [0.2, 0.25) is 0 Å². The van der Waals surface area contributed by atoms with E-state index in [4.69, 9.17) is 15.0 Å². The highest BCUT2D eigenvalue weighted by Gasteiger charge is 2.38. The zero-order chi connectivity index (χ0) is 14.3. The van der Waals surface area contributed by atoms with Crippen LogP contribution in [0.1, 0.15) is 12.8 Å². The van der Waals surface area contributed by atoms with E-state index in [0.29, 0.717) is 13.0 Å². The number of nitrogens with one attached hydrogen (secondary N) is 1. The van der Waals surface area contributed by atoms with Gasteiger partial charge < -0.3 is 15.5 Å². The minimum Gasteiger partial charge on any atom is -0.475 e. The van der Waals surface area contributed by atoms with Gasteiger partial charge in [0.1, 0.15) is 6.10 Å². The molecule has 108 valence electrons. The number of aliphatic hydroxyl groups is 1. The number of carboxylic acid groups (broad SMARTS) is 1. The number of alkyl halides is 5. The number of aliphatic carboxylic acids is 1. The summed E-state index contributed by atoms with van der Waals surface area (Å²) in [4.78, 5) is 8.90. The molecular formula is C9H14F5NO3. The van der Waals surface area contributed by atoms with Gasteiger partial charge in [-0.1, -0.05) is 0 Å². The van der Waals surface area contributed by atoms with E-state index in [0.717, 1.165) is 13.0 Å². The van der Waals surface area contributed by atoms with Gasteiger partial charge in [0.25, 0.3) is 6.43 Å². The van der Waals surface area contributed by atoms with Crippen LogP contribution >= 0.6 is 0 Å². The highest BCUT2D eigenvalue weighted by Crippen LogP contribution is 2.18. The molecule has 0 aromatic heterocycles.